The number of amides is 1. The minimum absolute atomic E-state index is 0.230. The number of aromatic nitrogens is 4. The molecule has 0 saturated carbocycles. The molecular weight excluding hydrogens is 380 g/mol. The second kappa shape index (κ2) is 8.27. The van der Waals surface area contributed by atoms with Crippen LogP contribution in [0, 0.1) is 0 Å². The highest BCUT2D eigenvalue weighted by Gasteiger charge is 2.26. The maximum atomic E-state index is 12.8. The molecule has 0 radical (unpaired) electrons. The molecule has 2 aromatic heterocycles. The van der Waals surface area contributed by atoms with Crippen LogP contribution in [-0.4, -0.2) is 94.2 Å². The van der Waals surface area contributed by atoms with Crippen molar-refractivity contribution >= 4 is 23.1 Å². The number of para-hydroxylation sites is 1. The number of anilines is 2. The zero-order valence-corrected chi connectivity index (χ0v) is 17.0. The third-order valence-electron chi connectivity index (χ3n) is 5.98. The summed E-state index contributed by atoms with van der Waals surface area (Å²) >= 11 is 0. The number of hydrogen-bond donors (Lipinski definition) is 0. The molecular formula is C21H26N8O. The summed E-state index contributed by atoms with van der Waals surface area (Å²) in [5.41, 5.74) is 2.01. The number of nitrogens with zero attached hydrogens (tertiary/aromatic N) is 8. The fraction of sp³-hybridized carbons (Fsp3) is 0.429. The first-order valence-electron chi connectivity index (χ1n) is 10.5. The maximum absolute atomic E-state index is 12.8. The molecule has 2 aliphatic rings. The van der Waals surface area contributed by atoms with Crippen molar-refractivity contribution in [1.82, 2.24) is 29.4 Å². The summed E-state index contributed by atoms with van der Waals surface area (Å²) in [5.74, 6) is 1.09. The molecule has 0 N–H and O–H groups in total. The van der Waals surface area contributed by atoms with E-state index in [4.69, 9.17) is 0 Å². The fourth-order valence-corrected chi connectivity index (χ4v) is 4.23. The predicted octanol–water partition coefficient (Wildman–Crippen LogP) is 0.595. The Morgan fingerprint density at radius 2 is 1.63 bits per heavy atom. The van der Waals surface area contributed by atoms with Crippen molar-refractivity contribution in [2.75, 3.05) is 68.7 Å². The Balaban J connectivity index is 1.12. The lowest BCUT2D eigenvalue weighted by Crippen LogP contribution is -2.54. The van der Waals surface area contributed by atoms with E-state index >= 15 is 0 Å². The van der Waals surface area contributed by atoms with Gasteiger partial charge in [-0.2, -0.15) is 0 Å². The van der Waals surface area contributed by atoms with Crippen LogP contribution < -0.4 is 9.80 Å². The van der Waals surface area contributed by atoms with Gasteiger partial charge in [0.05, 0.1) is 6.54 Å². The first-order valence-corrected chi connectivity index (χ1v) is 10.5. The summed E-state index contributed by atoms with van der Waals surface area (Å²) in [5, 5.41) is 8.15. The average molecular weight is 406 g/mol. The summed E-state index contributed by atoms with van der Waals surface area (Å²) < 4.78 is 1.88. The first kappa shape index (κ1) is 18.8. The van der Waals surface area contributed by atoms with E-state index in [0.29, 0.717) is 6.54 Å². The quantitative estimate of drug-likeness (QED) is 0.628. The van der Waals surface area contributed by atoms with Crippen LogP contribution in [0.3, 0.4) is 0 Å². The van der Waals surface area contributed by atoms with Gasteiger partial charge >= 0.3 is 0 Å². The monoisotopic (exact) mass is 406 g/mol. The minimum atomic E-state index is 0.230. The normalized spacial score (nSPS) is 18.2. The molecule has 2 fully saturated rings. The van der Waals surface area contributed by atoms with Crippen molar-refractivity contribution in [2.45, 2.75) is 0 Å². The van der Waals surface area contributed by atoms with E-state index in [1.807, 2.05) is 21.6 Å². The third kappa shape index (κ3) is 3.80. The van der Waals surface area contributed by atoms with Crippen LogP contribution in [0.15, 0.2) is 49.1 Å². The van der Waals surface area contributed by atoms with Crippen molar-refractivity contribution in [1.29, 1.82) is 0 Å². The summed E-state index contributed by atoms with van der Waals surface area (Å²) in [6.07, 6.45) is 5.31. The van der Waals surface area contributed by atoms with E-state index in [0.717, 1.165) is 63.8 Å². The van der Waals surface area contributed by atoms with Gasteiger partial charge in [0.15, 0.2) is 5.82 Å². The molecule has 9 nitrogen and oxygen atoms in total. The van der Waals surface area contributed by atoms with E-state index in [2.05, 4.69) is 54.1 Å². The average Bonchev–Trinajstić information content (AvgIpc) is 3.29. The molecule has 0 unspecified atom stereocenters. The third-order valence-corrected chi connectivity index (χ3v) is 5.98. The van der Waals surface area contributed by atoms with Crippen molar-refractivity contribution in [3.63, 3.8) is 0 Å². The highest BCUT2D eigenvalue weighted by Crippen LogP contribution is 2.19. The van der Waals surface area contributed by atoms with Crippen LogP contribution in [0.4, 0.5) is 11.5 Å². The van der Waals surface area contributed by atoms with Gasteiger partial charge in [0.2, 0.25) is 11.6 Å². The maximum Gasteiger partial charge on any atom is 0.236 e. The van der Waals surface area contributed by atoms with Crippen LogP contribution in [0.5, 0.6) is 0 Å². The highest BCUT2D eigenvalue weighted by atomic mass is 16.2. The van der Waals surface area contributed by atoms with E-state index in [1.54, 1.807) is 12.5 Å². The smallest absolute Gasteiger partial charge is 0.236 e. The minimum Gasteiger partial charge on any atom is -0.368 e. The molecule has 9 heteroatoms. The van der Waals surface area contributed by atoms with E-state index in [9.17, 15) is 4.79 Å². The zero-order valence-electron chi connectivity index (χ0n) is 17.0. The van der Waals surface area contributed by atoms with Gasteiger partial charge in [-0.1, -0.05) is 18.2 Å². The van der Waals surface area contributed by atoms with Crippen LogP contribution in [0.25, 0.3) is 5.65 Å². The Morgan fingerprint density at radius 1 is 0.900 bits per heavy atom. The lowest BCUT2D eigenvalue weighted by molar-refractivity contribution is -0.132. The Hall–Kier alpha value is -3.20. The Bertz CT molecular complexity index is 990. The molecule has 30 heavy (non-hydrogen) atoms. The molecule has 1 amide bonds. The molecule has 0 atom stereocenters. The molecule has 5 rings (SSSR count). The second-order valence-corrected chi connectivity index (χ2v) is 7.78. The van der Waals surface area contributed by atoms with Crippen LogP contribution in [0.2, 0.25) is 0 Å². The molecule has 2 saturated heterocycles. The summed E-state index contributed by atoms with van der Waals surface area (Å²) in [6, 6.07) is 10.4. The largest absolute Gasteiger partial charge is 0.368 e. The topological polar surface area (TPSA) is 73.1 Å². The molecule has 156 valence electrons. The van der Waals surface area contributed by atoms with Crippen LogP contribution in [0.1, 0.15) is 0 Å². The number of fused-ring (bicyclic) bond motifs is 1. The van der Waals surface area contributed by atoms with E-state index in [1.165, 1.54) is 5.69 Å². The number of carbonyl (C=O) groups excluding carboxylic acids is 1. The van der Waals surface area contributed by atoms with Gasteiger partial charge in [0, 0.05) is 70.4 Å². The predicted molar refractivity (Wildman–Crippen MR) is 115 cm³/mol. The van der Waals surface area contributed by atoms with E-state index < -0.39 is 0 Å². The number of rotatable bonds is 4. The van der Waals surface area contributed by atoms with Gasteiger partial charge in [-0.25, -0.2) is 4.98 Å². The SMILES string of the molecule is O=C(CN1CCN(c2nccn3cnnc23)CC1)N1CCN(c2ccccc2)CC1. The summed E-state index contributed by atoms with van der Waals surface area (Å²) in [6.45, 7) is 7.16. The second-order valence-electron chi connectivity index (χ2n) is 7.78. The van der Waals surface area contributed by atoms with Gasteiger partial charge in [0.1, 0.15) is 6.33 Å². The lowest BCUT2D eigenvalue weighted by Gasteiger charge is -2.38. The molecule has 3 aromatic rings. The Morgan fingerprint density at radius 3 is 2.40 bits per heavy atom. The zero-order chi connectivity index (χ0) is 20.3. The van der Waals surface area contributed by atoms with Crippen molar-refractivity contribution in [3.8, 4) is 0 Å². The summed E-state index contributed by atoms with van der Waals surface area (Å²) in [4.78, 5) is 26.1. The van der Waals surface area contributed by atoms with E-state index in [-0.39, 0.29) is 5.91 Å². The standard InChI is InChI=1S/C21H26N8O/c30-19(27-14-12-26(13-15-27)18-4-2-1-3-5-18)16-25-8-10-28(11-9-25)20-21-24-23-17-29(21)7-6-22-20/h1-7,17H,8-16H2. The van der Waals surface area contributed by atoms with Gasteiger partial charge in [-0.15, -0.1) is 10.2 Å². The number of piperazine rings is 2. The van der Waals surface area contributed by atoms with Crippen molar-refractivity contribution in [2.24, 2.45) is 0 Å². The molecule has 0 bridgehead atoms. The van der Waals surface area contributed by atoms with Gasteiger partial charge in [-0.05, 0) is 12.1 Å². The van der Waals surface area contributed by atoms with Gasteiger partial charge in [0.25, 0.3) is 0 Å². The number of benzene rings is 1. The Labute approximate surface area is 175 Å². The number of hydrogen-bond acceptors (Lipinski definition) is 7. The molecule has 0 spiro atoms. The molecule has 2 aliphatic heterocycles. The molecule has 0 aliphatic carbocycles. The van der Waals surface area contributed by atoms with Gasteiger partial charge in [-0.3, -0.25) is 14.1 Å². The molecule has 4 heterocycles. The Kier molecular flexibility index (Phi) is 5.18. The van der Waals surface area contributed by atoms with Crippen LogP contribution in [-0.2, 0) is 4.79 Å². The molecule has 1 aromatic carbocycles. The van der Waals surface area contributed by atoms with Crippen molar-refractivity contribution < 1.29 is 4.79 Å². The lowest BCUT2D eigenvalue weighted by atomic mass is 10.2. The highest BCUT2D eigenvalue weighted by molar-refractivity contribution is 5.78. The van der Waals surface area contributed by atoms with Crippen LogP contribution >= 0.6 is 0 Å². The number of carbonyl (C=O) groups is 1. The van der Waals surface area contributed by atoms with Gasteiger partial charge < -0.3 is 14.7 Å². The summed E-state index contributed by atoms with van der Waals surface area (Å²) in [7, 11) is 0. The van der Waals surface area contributed by atoms with Crippen molar-refractivity contribution in [3.05, 3.63) is 49.1 Å². The fourth-order valence-electron chi connectivity index (χ4n) is 4.23. The first-order chi connectivity index (χ1) is 14.8.